The summed E-state index contributed by atoms with van der Waals surface area (Å²) < 4.78 is 7.21. The first-order chi connectivity index (χ1) is 9.79. The third-order valence-corrected chi connectivity index (χ3v) is 3.16. The van der Waals surface area contributed by atoms with E-state index in [0.717, 1.165) is 16.8 Å². The van der Waals surface area contributed by atoms with Crippen LogP contribution in [-0.2, 0) is 0 Å². The van der Waals surface area contributed by atoms with Gasteiger partial charge >= 0.3 is 0 Å². The molecular formula is C16H15N3O. The van der Waals surface area contributed by atoms with Gasteiger partial charge in [0.1, 0.15) is 5.75 Å². The summed E-state index contributed by atoms with van der Waals surface area (Å²) in [6.07, 6.45) is 3.77. The zero-order valence-corrected chi connectivity index (χ0v) is 11.2. The lowest BCUT2D eigenvalue weighted by Gasteiger charge is -2.09. The van der Waals surface area contributed by atoms with Gasteiger partial charge in [0.2, 0.25) is 0 Å². The van der Waals surface area contributed by atoms with E-state index in [2.05, 4.69) is 5.10 Å². The molecule has 2 aromatic carbocycles. The number of nitrogens with two attached hydrogens (primary N) is 1. The smallest absolute Gasteiger partial charge is 0.149 e. The molecule has 0 spiro atoms. The Morgan fingerprint density at radius 1 is 1.05 bits per heavy atom. The van der Waals surface area contributed by atoms with E-state index < -0.39 is 0 Å². The minimum absolute atomic E-state index is 0.623. The zero-order chi connectivity index (χ0) is 13.9. The lowest BCUT2D eigenvalue weighted by Crippen LogP contribution is -1.94. The van der Waals surface area contributed by atoms with Gasteiger partial charge in [-0.05, 0) is 18.2 Å². The molecule has 4 nitrogen and oxygen atoms in total. The van der Waals surface area contributed by atoms with Crippen LogP contribution in [0.15, 0.2) is 60.9 Å². The molecule has 0 amide bonds. The molecule has 0 radical (unpaired) electrons. The highest BCUT2D eigenvalue weighted by Gasteiger charge is 2.11. The average Bonchev–Trinajstić information content (AvgIpc) is 2.97. The van der Waals surface area contributed by atoms with Crippen molar-refractivity contribution in [3.63, 3.8) is 0 Å². The van der Waals surface area contributed by atoms with Crippen LogP contribution in [0.4, 0.5) is 5.69 Å². The maximum Gasteiger partial charge on any atom is 0.149 e. The Bertz CT molecular complexity index is 720. The second-order valence-corrected chi connectivity index (χ2v) is 4.44. The third-order valence-electron chi connectivity index (χ3n) is 3.16. The van der Waals surface area contributed by atoms with E-state index in [1.807, 2.05) is 65.6 Å². The molecule has 1 aromatic heterocycles. The van der Waals surface area contributed by atoms with Crippen LogP contribution in [0, 0.1) is 0 Å². The van der Waals surface area contributed by atoms with Gasteiger partial charge in [0, 0.05) is 17.3 Å². The van der Waals surface area contributed by atoms with E-state index in [-0.39, 0.29) is 0 Å². The summed E-state index contributed by atoms with van der Waals surface area (Å²) in [7, 11) is 1.62. The van der Waals surface area contributed by atoms with Crippen LogP contribution < -0.4 is 10.5 Å². The number of para-hydroxylation sites is 2. The third kappa shape index (κ3) is 2.12. The van der Waals surface area contributed by atoms with Crippen molar-refractivity contribution >= 4 is 5.69 Å². The minimum Gasteiger partial charge on any atom is -0.494 e. The Hall–Kier alpha value is -2.75. The van der Waals surface area contributed by atoms with Gasteiger partial charge in [-0.15, -0.1) is 0 Å². The number of nitrogen functional groups attached to an aromatic ring is 1. The van der Waals surface area contributed by atoms with Gasteiger partial charge in [-0.3, -0.25) is 0 Å². The second kappa shape index (κ2) is 5.09. The number of methoxy groups -OCH3 is 1. The van der Waals surface area contributed by atoms with Gasteiger partial charge in [0.05, 0.1) is 24.7 Å². The van der Waals surface area contributed by atoms with Crippen LogP contribution in [0.2, 0.25) is 0 Å². The predicted octanol–water partition coefficient (Wildman–Crippen LogP) is 3.13. The molecular weight excluding hydrogens is 250 g/mol. The summed E-state index contributed by atoms with van der Waals surface area (Å²) >= 11 is 0. The largest absolute Gasteiger partial charge is 0.494 e. The lowest BCUT2D eigenvalue weighted by molar-refractivity contribution is 0.418. The van der Waals surface area contributed by atoms with E-state index >= 15 is 0 Å². The second-order valence-electron chi connectivity index (χ2n) is 4.44. The van der Waals surface area contributed by atoms with Crippen molar-refractivity contribution in [2.75, 3.05) is 12.8 Å². The standard InChI is InChI=1S/C16H15N3O/c1-20-16-14(8-5-9-15(16)17)12-10-18-19(11-12)13-6-3-2-4-7-13/h2-11H,17H2,1H3. The molecule has 0 aliphatic heterocycles. The van der Waals surface area contributed by atoms with Crippen molar-refractivity contribution in [1.29, 1.82) is 0 Å². The van der Waals surface area contributed by atoms with Crippen molar-refractivity contribution in [2.45, 2.75) is 0 Å². The van der Waals surface area contributed by atoms with Gasteiger partial charge in [0.25, 0.3) is 0 Å². The highest BCUT2D eigenvalue weighted by atomic mass is 16.5. The number of hydrogen-bond acceptors (Lipinski definition) is 3. The van der Waals surface area contributed by atoms with Crippen LogP contribution in [-0.4, -0.2) is 16.9 Å². The first-order valence-corrected chi connectivity index (χ1v) is 6.32. The summed E-state index contributed by atoms with van der Waals surface area (Å²) in [6, 6.07) is 15.7. The Kier molecular flexibility index (Phi) is 3.13. The molecule has 4 heteroatoms. The van der Waals surface area contributed by atoms with Crippen LogP contribution in [0.5, 0.6) is 5.75 Å². The quantitative estimate of drug-likeness (QED) is 0.740. The number of nitrogens with zero attached hydrogens (tertiary/aromatic N) is 2. The van der Waals surface area contributed by atoms with E-state index in [0.29, 0.717) is 11.4 Å². The monoisotopic (exact) mass is 265 g/mol. The molecule has 0 bridgehead atoms. The summed E-state index contributed by atoms with van der Waals surface area (Å²) in [6.45, 7) is 0. The van der Waals surface area contributed by atoms with Crippen molar-refractivity contribution in [3.8, 4) is 22.6 Å². The van der Waals surface area contributed by atoms with Gasteiger partial charge in [-0.1, -0.05) is 30.3 Å². The fourth-order valence-electron chi connectivity index (χ4n) is 2.19. The molecule has 3 rings (SSSR count). The van der Waals surface area contributed by atoms with Crippen LogP contribution in [0.25, 0.3) is 16.8 Å². The number of aromatic nitrogens is 2. The van der Waals surface area contributed by atoms with Crippen molar-refractivity contribution in [1.82, 2.24) is 9.78 Å². The Balaban J connectivity index is 2.05. The number of ether oxygens (including phenoxy) is 1. The molecule has 0 fully saturated rings. The van der Waals surface area contributed by atoms with Crippen molar-refractivity contribution in [2.24, 2.45) is 0 Å². The van der Waals surface area contributed by atoms with Crippen LogP contribution in [0.3, 0.4) is 0 Å². The predicted molar refractivity (Wildman–Crippen MR) is 80.0 cm³/mol. The molecule has 0 aliphatic carbocycles. The highest BCUT2D eigenvalue weighted by Crippen LogP contribution is 2.34. The summed E-state index contributed by atoms with van der Waals surface area (Å²) in [5.74, 6) is 0.681. The molecule has 0 saturated heterocycles. The maximum atomic E-state index is 5.93. The van der Waals surface area contributed by atoms with Crippen LogP contribution >= 0.6 is 0 Å². The van der Waals surface area contributed by atoms with Crippen LogP contribution in [0.1, 0.15) is 0 Å². The lowest BCUT2D eigenvalue weighted by atomic mass is 10.1. The summed E-state index contributed by atoms with van der Waals surface area (Å²) in [5, 5.41) is 4.39. The van der Waals surface area contributed by atoms with Gasteiger partial charge in [-0.25, -0.2) is 4.68 Å². The zero-order valence-electron chi connectivity index (χ0n) is 11.2. The molecule has 0 aliphatic rings. The minimum atomic E-state index is 0.623. The van der Waals surface area contributed by atoms with Gasteiger partial charge in [0.15, 0.2) is 0 Å². The molecule has 20 heavy (non-hydrogen) atoms. The van der Waals surface area contributed by atoms with E-state index in [4.69, 9.17) is 10.5 Å². The van der Waals surface area contributed by atoms with E-state index in [9.17, 15) is 0 Å². The fraction of sp³-hybridized carbons (Fsp3) is 0.0625. The van der Waals surface area contributed by atoms with Gasteiger partial charge in [-0.2, -0.15) is 5.10 Å². The molecule has 3 aromatic rings. The SMILES string of the molecule is COc1c(N)cccc1-c1cnn(-c2ccccc2)c1. The van der Waals surface area contributed by atoms with Gasteiger partial charge < -0.3 is 10.5 Å². The van der Waals surface area contributed by atoms with Crippen molar-refractivity contribution in [3.05, 3.63) is 60.9 Å². The highest BCUT2D eigenvalue weighted by molar-refractivity contribution is 5.76. The molecule has 0 atom stereocenters. The maximum absolute atomic E-state index is 5.93. The molecule has 2 N–H and O–H groups in total. The molecule has 1 heterocycles. The van der Waals surface area contributed by atoms with E-state index in [1.165, 1.54) is 0 Å². The topological polar surface area (TPSA) is 53.1 Å². The Morgan fingerprint density at radius 3 is 2.60 bits per heavy atom. The fourth-order valence-corrected chi connectivity index (χ4v) is 2.19. The Labute approximate surface area is 117 Å². The number of anilines is 1. The molecule has 0 unspecified atom stereocenters. The number of benzene rings is 2. The number of hydrogen-bond donors (Lipinski definition) is 1. The average molecular weight is 265 g/mol. The normalized spacial score (nSPS) is 10.4. The van der Waals surface area contributed by atoms with Crippen molar-refractivity contribution < 1.29 is 4.74 Å². The number of rotatable bonds is 3. The first kappa shape index (κ1) is 12.3. The molecule has 0 saturated carbocycles. The Morgan fingerprint density at radius 2 is 1.85 bits per heavy atom. The first-order valence-electron chi connectivity index (χ1n) is 6.32. The summed E-state index contributed by atoms with van der Waals surface area (Å²) in [4.78, 5) is 0. The summed E-state index contributed by atoms with van der Waals surface area (Å²) in [5.41, 5.74) is 9.48. The van der Waals surface area contributed by atoms with E-state index in [1.54, 1.807) is 7.11 Å². The molecule has 100 valence electrons.